The van der Waals surface area contributed by atoms with Gasteiger partial charge in [0.15, 0.2) is 0 Å². The molecule has 2 aromatic carbocycles. The number of rotatable bonds is 4. The van der Waals surface area contributed by atoms with Crippen LogP contribution in [0.25, 0.3) is 0 Å². The summed E-state index contributed by atoms with van der Waals surface area (Å²) in [4.78, 5) is 11.8. The van der Waals surface area contributed by atoms with Crippen molar-refractivity contribution in [3.63, 3.8) is 0 Å². The Balaban J connectivity index is 1.97. The fourth-order valence-electron chi connectivity index (χ4n) is 1.72. The van der Waals surface area contributed by atoms with E-state index in [-0.39, 0.29) is 11.7 Å². The molecule has 0 aliphatic carbocycles. The lowest BCUT2D eigenvalue weighted by molar-refractivity contribution is 0.0954. The second-order valence-corrected chi connectivity index (χ2v) is 4.34. The summed E-state index contributed by atoms with van der Waals surface area (Å²) >= 11 is 0. The van der Waals surface area contributed by atoms with E-state index in [1.54, 1.807) is 18.3 Å². The summed E-state index contributed by atoms with van der Waals surface area (Å²) in [6.07, 6.45) is 2.58. The van der Waals surface area contributed by atoms with Crippen molar-refractivity contribution in [2.75, 3.05) is 0 Å². The maximum absolute atomic E-state index is 11.8. The van der Waals surface area contributed by atoms with E-state index in [0.717, 1.165) is 12.0 Å². The number of amides is 1. The van der Waals surface area contributed by atoms with Crippen LogP contribution < -0.4 is 5.43 Å². The number of hydrazone groups is 1. The molecule has 2 N–H and O–H groups in total. The summed E-state index contributed by atoms with van der Waals surface area (Å²) < 4.78 is 0. The maximum Gasteiger partial charge on any atom is 0.271 e. The third-order valence-corrected chi connectivity index (χ3v) is 2.88. The van der Waals surface area contributed by atoms with Gasteiger partial charge in [0.1, 0.15) is 5.75 Å². The number of carbonyl (C=O) groups is 1. The molecular formula is C16H16N2O2. The highest BCUT2D eigenvalue weighted by molar-refractivity contribution is 5.95. The molecule has 0 saturated heterocycles. The monoisotopic (exact) mass is 268 g/mol. The van der Waals surface area contributed by atoms with Crippen LogP contribution in [0.5, 0.6) is 5.75 Å². The second-order valence-electron chi connectivity index (χ2n) is 4.34. The van der Waals surface area contributed by atoms with E-state index in [1.165, 1.54) is 17.7 Å². The first-order valence-corrected chi connectivity index (χ1v) is 6.40. The molecule has 0 bridgehead atoms. The number of hydrogen-bond donors (Lipinski definition) is 2. The molecule has 2 rings (SSSR count). The maximum atomic E-state index is 11.8. The number of carbonyl (C=O) groups excluding carboxylic acids is 1. The molecule has 0 spiro atoms. The standard InChI is InChI=1S/C16H16N2O2/c1-2-12-6-8-13(9-7-12)11-17-18-16(20)14-4-3-5-15(19)10-14/h3-11,19H,2H2,1H3,(H,18,20)/b17-11-. The van der Waals surface area contributed by atoms with Gasteiger partial charge in [0.25, 0.3) is 5.91 Å². The van der Waals surface area contributed by atoms with Crippen LogP contribution >= 0.6 is 0 Å². The topological polar surface area (TPSA) is 61.7 Å². The van der Waals surface area contributed by atoms with Crippen LogP contribution in [-0.4, -0.2) is 17.2 Å². The number of nitrogens with zero attached hydrogens (tertiary/aromatic N) is 1. The molecule has 2 aromatic rings. The molecule has 0 atom stereocenters. The molecule has 4 heteroatoms. The van der Waals surface area contributed by atoms with Gasteiger partial charge in [-0.2, -0.15) is 5.10 Å². The summed E-state index contributed by atoms with van der Waals surface area (Å²) in [5.41, 5.74) is 4.96. The normalized spacial score (nSPS) is 10.7. The number of aryl methyl sites for hydroxylation is 1. The summed E-state index contributed by atoms with van der Waals surface area (Å²) in [5, 5.41) is 13.2. The van der Waals surface area contributed by atoms with Crippen molar-refractivity contribution in [2.24, 2.45) is 5.10 Å². The van der Waals surface area contributed by atoms with Crippen molar-refractivity contribution in [3.8, 4) is 5.75 Å². The molecule has 0 heterocycles. The van der Waals surface area contributed by atoms with Gasteiger partial charge in [0.05, 0.1) is 6.21 Å². The average molecular weight is 268 g/mol. The lowest BCUT2D eigenvalue weighted by Crippen LogP contribution is -2.17. The molecule has 102 valence electrons. The predicted octanol–water partition coefficient (Wildman–Crippen LogP) is 2.72. The summed E-state index contributed by atoms with van der Waals surface area (Å²) in [7, 11) is 0. The van der Waals surface area contributed by atoms with Crippen LogP contribution in [0.15, 0.2) is 53.6 Å². The van der Waals surface area contributed by atoms with Crippen LogP contribution in [-0.2, 0) is 6.42 Å². The number of phenols is 1. The van der Waals surface area contributed by atoms with Crippen LogP contribution in [0, 0.1) is 0 Å². The smallest absolute Gasteiger partial charge is 0.271 e. The van der Waals surface area contributed by atoms with Gasteiger partial charge in [-0.05, 0) is 35.7 Å². The molecule has 0 aromatic heterocycles. The second kappa shape index (κ2) is 6.52. The summed E-state index contributed by atoms with van der Waals surface area (Å²) in [6.45, 7) is 2.10. The molecule has 0 fully saturated rings. The molecule has 0 radical (unpaired) electrons. The zero-order valence-corrected chi connectivity index (χ0v) is 11.2. The van der Waals surface area contributed by atoms with Crippen molar-refractivity contribution in [3.05, 3.63) is 65.2 Å². The Morgan fingerprint density at radius 1 is 1.25 bits per heavy atom. The van der Waals surface area contributed by atoms with E-state index < -0.39 is 0 Å². The van der Waals surface area contributed by atoms with Gasteiger partial charge in [-0.3, -0.25) is 4.79 Å². The molecular weight excluding hydrogens is 252 g/mol. The number of aromatic hydroxyl groups is 1. The van der Waals surface area contributed by atoms with E-state index in [2.05, 4.69) is 17.5 Å². The fraction of sp³-hybridized carbons (Fsp3) is 0.125. The van der Waals surface area contributed by atoms with Crippen molar-refractivity contribution < 1.29 is 9.90 Å². The molecule has 4 nitrogen and oxygen atoms in total. The van der Waals surface area contributed by atoms with Gasteiger partial charge in [0, 0.05) is 5.56 Å². The molecule has 0 aliphatic heterocycles. The molecule has 0 aliphatic rings. The van der Waals surface area contributed by atoms with E-state index in [0.29, 0.717) is 5.56 Å². The highest BCUT2D eigenvalue weighted by Gasteiger charge is 2.03. The number of phenolic OH excluding ortho intramolecular Hbond substituents is 1. The zero-order chi connectivity index (χ0) is 14.4. The van der Waals surface area contributed by atoms with Crippen molar-refractivity contribution in [2.45, 2.75) is 13.3 Å². The lowest BCUT2D eigenvalue weighted by atomic mass is 10.1. The van der Waals surface area contributed by atoms with Crippen LogP contribution in [0.3, 0.4) is 0 Å². The minimum absolute atomic E-state index is 0.0526. The minimum Gasteiger partial charge on any atom is -0.508 e. The SMILES string of the molecule is CCc1ccc(/C=N\NC(=O)c2cccc(O)c2)cc1. The van der Waals surface area contributed by atoms with E-state index in [4.69, 9.17) is 0 Å². The van der Waals surface area contributed by atoms with Gasteiger partial charge < -0.3 is 5.11 Å². The molecule has 1 amide bonds. The number of benzene rings is 2. The Kier molecular flexibility index (Phi) is 4.50. The van der Waals surface area contributed by atoms with Crippen molar-refractivity contribution >= 4 is 12.1 Å². The first-order valence-electron chi connectivity index (χ1n) is 6.40. The lowest BCUT2D eigenvalue weighted by Gasteiger charge is -2.00. The van der Waals surface area contributed by atoms with E-state index in [9.17, 15) is 9.90 Å². The fourth-order valence-corrected chi connectivity index (χ4v) is 1.72. The highest BCUT2D eigenvalue weighted by Crippen LogP contribution is 2.10. The van der Waals surface area contributed by atoms with Gasteiger partial charge in [-0.25, -0.2) is 5.43 Å². The van der Waals surface area contributed by atoms with Gasteiger partial charge in [-0.15, -0.1) is 0 Å². The third kappa shape index (κ3) is 3.68. The van der Waals surface area contributed by atoms with Crippen molar-refractivity contribution in [1.29, 1.82) is 0 Å². The third-order valence-electron chi connectivity index (χ3n) is 2.88. The average Bonchev–Trinajstić information content (AvgIpc) is 2.48. The predicted molar refractivity (Wildman–Crippen MR) is 79.0 cm³/mol. The summed E-state index contributed by atoms with van der Waals surface area (Å²) in [5.74, 6) is -0.306. The van der Waals surface area contributed by atoms with Crippen LogP contribution in [0.2, 0.25) is 0 Å². The molecule has 0 saturated carbocycles. The van der Waals surface area contributed by atoms with Gasteiger partial charge in [-0.1, -0.05) is 37.3 Å². The van der Waals surface area contributed by atoms with Gasteiger partial charge in [0.2, 0.25) is 0 Å². The first-order chi connectivity index (χ1) is 9.69. The van der Waals surface area contributed by atoms with Crippen molar-refractivity contribution in [1.82, 2.24) is 5.43 Å². The Labute approximate surface area is 117 Å². The Morgan fingerprint density at radius 2 is 2.00 bits per heavy atom. The highest BCUT2D eigenvalue weighted by atomic mass is 16.3. The van der Waals surface area contributed by atoms with Crippen LogP contribution in [0.4, 0.5) is 0 Å². The van der Waals surface area contributed by atoms with E-state index >= 15 is 0 Å². The Hall–Kier alpha value is -2.62. The Bertz CT molecular complexity index is 619. The number of hydrogen-bond acceptors (Lipinski definition) is 3. The minimum atomic E-state index is -0.359. The zero-order valence-electron chi connectivity index (χ0n) is 11.2. The quantitative estimate of drug-likeness (QED) is 0.661. The van der Waals surface area contributed by atoms with Crippen LogP contribution in [0.1, 0.15) is 28.4 Å². The summed E-state index contributed by atoms with van der Waals surface area (Å²) in [6, 6.07) is 14.1. The van der Waals surface area contributed by atoms with Gasteiger partial charge >= 0.3 is 0 Å². The molecule has 20 heavy (non-hydrogen) atoms. The number of nitrogens with one attached hydrogen (secondary N) is 1. The largest absolute Gasteiger partial charge is 0.508 e. The first kappa shape index (κ1) is 13.8. The van der Waals surface area contributed by atoms with E-state index in [1.807, 2.05) is 24.3 Å². The molecule has 0 unspecified atom stereocenters. The Morgan fingerprint density at radius 3 is 2.65 bits per heavy atom.